The molecule has 1 atom stereocenters. The number of rotatable bonds is 10. The summed E-state index contributed by atoms with van der Waals surface area (Å²) in [6.45, 7) is 8.99. The van der Waals surface area contributed by atoms with E-state index in [4.69, 9.17) is 4.74 Å². The smallest absolute Gasteiger partial charge is 0.277 e. The van der Waals surface area contributed by atoms with Crippen molar-refractivity contribution in [2.24, 2.45) is 0 Å². The second-order valence-electron chi connectivity index (χ2n) is 5.74. The highest BCUT2D eigenvalue weighted by molar-refractivity contribution is 5.78. The lowest BCUT2D eigenvalue weighted by molar-refractivity contribution is -0.882. The fraction of sp³-hybridized carbons (Fsp3) is 0.556. The van der Waals surface area contributed by atoms with Gasteiger partial charge in [0.2, 0.25) is 0 Å². The van der Waals surface area contributed by atoms with Crippen molar-refractivity contribution in [1.82, 2.24) is 10.2 Å². The molecule has 24 heavy (non-hydrogen) atoms. The van der Waals surface area contributed by atoms with E-state index in [1.165, 1.54) is 0 Å². The maximum Gasteiger partial charge on any atom is 0.277 e. The van der Waals surface area contributed by atoms with Crippen molar-refractivity contribution < 1.29 is 19.2 Å². The van der Waals surface area contributed by atoms with Gasteiger partial charge in [-0.15, -0.1) is 0 Å². The van der Waals surface area contributed by atoms with Crippen molar-refractivity contribution in [3.63, 3.8) is 0 Å². The van der Waals surface area contributed by atoms with Gasteiger partial charge in [0.1, 0.15) is 5.75 Å². The maximum atomic E-state index is 12.4. The average molecular weight is 336 g/mol. The van der Waals surface area contributed by atoms with Crippen molar-refractivity contribution in [2.75, 3.05) is 39.8 Å². The molecule has 2 N–H and O–H groups in total. The van der Waals surface area contributed by atoms with Crippen molar-refractivity contribution in [3.05, 3.63) is 29.8 Å². The summed E-state index contributed by atoms with van der Waals surface area (Å²) in [5, 5.41) is 2.77. The van der Waals surface area contributed by atoms with Gasteiger partial charge < -0.3 is 19.9 Å². The molecule has 0 aromatic heterocycles. The summed E-state index contributed by atoms with van der Waals surface area (Å²) in [6.07, 6.45) is 0. The Morgan fingerprint density at radius 1 is 1.12 bits per heavy atom. The first-order chi connectivity index (χ1) is 11.5. The quantitative estimate of drug-likeness (QED) is 0.636. The van der Waals surface area contributed by atoms with Gasteiger partial charge in [-0.2, -0.15) is 0 Å². The minimum Gasteiger partial charge on any atom is -0.494 e. The third kappa shape index (κ3) is 7.00. The van der Waals surface area contributed by atoms with E-state index >= 15 is 0 Å². The van der Waals surface area contributed by atoms with Crippen LogP contribution in [0, 0.1) is 0 Å². The molecule has 0 aliphatic carbocycles. The number of likely N-dealkylation sites (N-methyl/N-ethyl adjacent to an activating group) is 3. The van der Waals surface area contributed by atoms with E-state index in [0.717, 1.165) is 22.8 Å². The van der Waals surface area contributed by atoms with Gasteiger partial charge in [0.25, 0.3) is 11.8 Å². The zero-order valence-electron chi connectivity index (χ0n) is 15.2. The monoisotopic (exact) mass is 336 g/mol. The van der Waals surface area contributed by atoms with E-state index in [0.29, 0.717) is 32.8 Å². The number of hydrogen-bond acceptors (Lipinski definition) is 3. The highest BCUT2D eigenvalue weighted by Crippen LogP contribution is 2.13. The first-order valence-electron chi connectivity index (χ1n) is 8.56. The normalized spacial score (nSPS) is 11.7. The second kappa shape index (κ2) is 10.6. The summed E-state index contributed by atoms with van der Waals surface area (Å²) in [7, 11) is 1.79. The molecule has 0 fully saturated rings. The van der Waals surface area contributed by atoms with Crippen LogP contribution < -0.4 is 15.0 Å². The lowest BCUT2D eigenvalue weighted by atomic mass is 10.2. The summed E-state index contributed by atoms with van der Waals surface area (Å²) >= 11 is 0. The van der Waals surface area contributed by atoms with E-state index in [1.807, 2.05) is 45.0 Å². The molecule has 1 aromatic carbocycles. The molecule has 6 nitrogen and oxygen atoms in total. The highest BCUT2D eigenvalue weighted by atomic mass is 16.5. The summed E-state index contributed by atoms with van der Waals surface area (Å²) in [5.41, 5.74) is 1.05. The molecule has 0 heterocycles. The topological polar surface area (TPSA) is 63.1 Å². The maximum absolute atomic E-state index is 12.4. The van der Waals surface area contributed by atoms with Gasteiger partial charge >= 0.3 is 0 Å². The summed E-state index contributed by atoms with van der Waals surface area (Å²) in [6, 6.07) is 7.76. The van der Waals surface area contributed by atoms with Gasteiger partial charge in [-0.3, -0.25) is 9.59 Å². The molecule has 0 radical (unpaired) electrons. The number of ether oxygens (including phenoxy) is 1. The van der Waals surface area contributed by atoms with Crippen molar-refractivity contribution in [1.29, 1.82) is 0 Å². The van der Waals surface area contributed by atoms with E-state index < -0.39 is 0 Å². The third-order valence-corrected chi connectivity index (χ3v) is 3.77. The summed E-state index contributed by atoms with van der Waals surface area (Å²) in [5.74, 6) is 0.847. The van der Waals surface area contributed by atoms with Crippen molar-refractivity contribution in [3.8, 4) is 5.75 Å². The Labute approximate surface area is 144 Å². The Morgan fingerprint density at radius 2 is 1.79 bits per heavy atom. The predicted molar refractivity (Wildman–Crippen MR) is 94.0 cm³/mol. The Hall–Kier alpha value is -2.08. The average Bonchev–Trinajstić information content (AvgIpc) is 2.56. The van der Waals surface area contributed by atoms with Crippen LogP contribution in [0.5, 0.6) is 5.75 Å². The Bertz CT molecular complexity index is 517. The number of quaternary nitrogens is 1. The lowest BCUT2D eigenvalue weighted by Crippen LogP contribution is -3.14. The molecule has 2 amide bonds. The van der Waals surface area contributed by atoms with E-state index in [1.54, 1.807) is 11.9 Å². The fourth-order valence-corrected chi connectivity index (χ4v) is 2.37. The molecule has 6 heteroatoms. The molecule has 0 saturated heterocycles. The van der Waals surface area contributed by atoms with Crippen LogP contribution in [0.1, 0.15) is 26.3 Å². The predicted octanol–water partition coefficient (Wildman–Crippen LogP) is 0.0846. The van der Waals surface area contributed by atoms with Crippen LogP contribution in [-0.4, -0.2) is 56.5 Å². The molecule has 134 valence electrons. The van der Waals surface area contributed by atoms with Gasteiger partial charge in [0.15, 0.2) is 13.1 Å². The minimum atomic E-state index is -0.0173. The molecule has 1 unspecified atom stereocenters. The molecule has 0 spiro atoms. The number of benzene rings is 1. The third-order valence-electron chi connectivity index (χ3n) is 3.77. The zero-order chi connectivity index (χ0) is 17.9. The van der Waals surface area contributed by atoms with Crippen LogP contribution in [0.3, 0.4) is 0 Å². The first kappa shape index (κ1) is 20.0. The second-order valence-corrected chi connectivity index (χ2v) is 5.74. The minimum absolute atomic E-state index is 0.0173. The number of amides is 2. The van der Waals surface area contributed by atoms with Crippen LogP contribution in [0.2, 0.25) is 0 Å². The largest absolute Gasteiger partial charge is 0.494 e. The number of nitrogens with one attached hydrogen (secondary N) is 2. The van der Waals surface area contributed by atoms with Crippen LogP contribution >= 0.6 is 0 Å². The Morgan fingerprint density at radius 3 is 2.33 bits per heavy atom. The molecule has 1 aromatic rings. The van der Waals surface area contributed by atoms with Crippen LogP contribution in [0.4, 0.5) is 0 Å². The Balaban J connectivity index is 2.51. The molecule has 0 bridgehead atoms. The van der Waals surface area contributed by atoms with Crippen LogP contribution in [0.15, 0.2) is 24.3 Å². The highest BCUT2D eigenvalue weighted by Gasteiger charge is 2.19. The number of carbonyl (C=O) groups is 2. The molecular weight excluding hydrogens is 306 g/mol. The van der Waals surface area contributed by atoms with Gasteiger partial charge in [0.05, 0.1) is 13.2 Å². The van der Waals surface area contributed by atoms with Crippen LogP contribution in [-0.2, 0) is 16.1 Å². The number of carbonyl (C=O) groups excluding carboxylic acids is 2. The van der Waals surface area contributed by atoms with Crippen molar-refractivity contribution >= 4 is 11.8 Å². The van der Waals surface area contributed by atoms with E-state index in [2.05, 4.69) is 5.32 Å². The lowest BCUT2D eigenvalue weighted by Gasteiger charge is -2.21. The molecular formula is C18H30N3O3+. The number of nitrogens with zero attached hydrogens (tertiary/aromatic N) is 1. The SMILES string of the molecule is CCNC(=O)C[NH+](CC)CC(=O)N(C)Cc1ccc(OCC)cc1. The molecule has 0 aliphatic heterocycles. The summed E-state index contributed by atoms with van der Waals surface area (Å²) in [4.78, 5) is 26.7. The van der Waals surface area contributed by atoms with E-state index in [-0.39, 0.29) is 11.8 Å². The van der Waals surface area contributed by atoms with Gasteiger partial charge in [-0.05, 0) is 38.5 Å². The molecule has 0 aliphatic rings. The molecule has 0 saturated carbocycles. The van der Waals surface area contributed by atoms with E-state index in [9.17, 15) is 9.59 Å². The Kier molecular flexibility index (Phi) is 8.86. The van der Waals surface area contributed by atoms with Gasteiger partial charge in [0, 0.05) is 20.1 Å². The fourth-order valence-electron chi connectivity index (χ4n) is 2.37. The van der Waals surface area contributed by atoms with Crippen molar-refractivity contribution in [2.45, 2.75) is 27.3 Å². The van der Waals surface area contributed by atoms with Crippen LogP contribution in [0.25, 0.3) is 0 Å². The summed E-state index contributed by atoms with van der Waals surface area (Å²) < 4.78 is 5.42. The first-order valence-corrected chi connectivity index (χ1v) is 8.56. The number of hydrogen-bond donors (Lipinski definition) is 2. The standard InChI is InChI=1S/C18H29N3O3/c1-5-19-17(22)13-21(6-2)14-18(23)20(4)12-15-8-10-16(11-9-15)24-7-3/h8-11H,5-7,12-14H2,1-4H3,(H,19,22)/p+1. The molecule has 1 rings (SSSR count). The zero-order valence-corrected chi connectivity index (χ0v) is 15.2. The van der Waals surface area contributed by atoms with Gasteiger partial charge in [-0.25, -0.2) is 0 Å². The van der Waals surface area contributed by atoms with Gasteiger partial charge in [-0.1, -0.05) is 12.1 Å².